The summed E-state index contributed by atoms with van der Waals surface area (Å²) in [6.45, 7) is -0.317. The fourth-order valence-corrected chi connectivity index (χ4v) is 3.39. The van der Waals surface area contributed by atoms with Gasteiger partial charge in [0.15, 0.2) is 12.0 Å². The van der Waals surface area contributed by atoms with Gasteiger partial charge in [-0.1, -0.05) is 24.3 Å². The highest BCUT2D eigenvalue weighted by Crippen LogP contribution is 2.38. The first-order valence-corrected chi connectivity index (χ1v) is 8.00. The van der Waals surface area contributed by atoms with Crippen LogP contribution in [0, 0.1) is 11.3 Å². The Kier molecular flexibility index (Phi) is 3.68. The molecule has 1 aliphatic heterocycles. The number of rotatable bonds is 3. The van der Waals surface area contributed by atoms with Crippen molar-refractivity contribution < 1.29 is 14.9 Å². The molecule has 0 amide bonds. The van der Waals surface area contributed by atoms with Gasteiger partial charge in [0, 0.05) is 16.8 Å². The number of ether oxygens (including phenoxy) is 1. The summed E-state index contributed by atoms with van der Waals surface area (Å²) in [5.41, 5.74) is 2.92. The van der Waals surface area contributed by atoms with Gasteiger partial charge in [-0.25, -0.2) is 0 Å². The predicted octanol–water partition coefficient (Wildman–Crippen LogP) is 4.01. The lowest BCUT2D eigenvalue weighted by molar-refractivity contribution is 0.0694. The Hall–Kier alpha value is -3.23. The van der Waals surface area contributed by atoms with Gasteiger partial charge in [0.25, 0.3) is 0 Å². The Morgan fingerprint density at radius 2 is 2.00 bits per heavy atom. The molecule has 4 rings (SSSR count). The molecule has 5 heteroatoms. The fourth-order valence-electron chi connectivity index (χ4n) is 3.39. The minimum absolute atomic E-state index is 0.0898. The molecule has 0 aliphatic carbocycles. The maximum atomic E-state index is 9.99. The largest absolute Gasteiger partial charge is 0.508 e. The van der Waals surface area contributed by atoms with E-state index in [2.05, 4.69) is 0 Å². The first kappa shape index (κ1) is 15.3. The van der Waals surface area contributed by atoms with Crippen molar-refractivity contribution in [1.29, 1.82) is 5.26 Å². The maximum Gasteiger partial charge on any atom is 0.183 e. The number of para-hydroxylation sites is 1. The van der Waals surface area contributed by atoms with Crippen LogP contribution in [-0.2, 0) is 4.74 Å². The van der Waals surface area contributed by atoms with E-state index in [-0.39, 0.29) is 18.1 Å². The van der Waals surface area contributed by atoms with Crippen LogP contribution in [-0.4, -0.2) is 21.4 Å². The second kappa shape index (κ2) is 6.00. The summed E-state index contributed by atoms with van der Waals surface area (Å²) in [5, 5.41) is 30.1. The van der Waals surface area contributed by atoms with E-state index in [1.807, 2.05) is 53.1 Å². The maximum absolute atomic E-state index is 9.99. The van der Waals surface area contributed by atoms with Crippen LogP contribution in [0.15, 0.2) is 60.1 Å². The summed E-state index contributed by atoms with van der Waals surface area (Å²) >= 11 is 0. The van der Waals surface area contributed by atoms with Crippen LogP contribution in [0.2, 0.25) is 0 Å². The number of aromatic nitrogens is 1. The second-order valence-corrected chi connectivity index (χ2v) is 5.93. The van der Waals surface area contributed by atoms with Crippen molar-refractivity contribution in [2.24, 2.45) is 0 Å². The van der Waals surface area contributed by atoms with E-state index in [9.17, 15) is 10.2 Å². The van der Waals surface area contributed by atoms with Crippen LogP contribution in [0.1, 0.15) is 18.2 Å². The number of fused-ring (bicyclic) bond motifs is 3. The molecular formula is C20H16N2O3. The zero-order valence-electron chi connectivity index (χ0n) is 13.4. The number of aliphatic hydroxyl groups excluding tert-OH is 2. The van der Waals surface area contributed by atoms with Gasteiger partial charge in [-0.2, -0.15) is 5.26 Å². The molecule has 0 fully saturated rings. The van der Waals surface area contributed by atoms with E-state index in [0.717, 1.165) is 27.4 Å². The van der Waals surface area contributed by atoms with Crippen LogP contribution in [0.3, 0.4) is 0 Å². The van der Waals surface area contributed by atoms with Crippen molar-refractivity contribution >= 4 is 27.9 Å². The van der Waals surface area contributed by atoms with Crippen molar-refractivity contribution in [3.8, 4) is 6.07 Å². The molecule has 1 atom stereocenters. The molecule has 1 aliphatic rings. The highest BCUT2D eigenvalue weighted by Gasteiger charge is 2.28. The molecule has 25 heavy (non-hydrogen) atoms. The standard InChI is InChI=1S/C20H16N2O3/c21-9-3-4-13-7-8-17-15(10-13)14-5-1-2-6-16(14)22(17)20-11-18(24)19(12-23)25-20/h1-8,10,20,23-24H,11-12H2/b4-3+/t20-/m1/s1. The van der Waals surface area contributed by atoms with Crippen LogP contribution < -0.4 is 0 Å². The number of aliphatic hydroxyl groups is 2. The summed E-state index contributed by atoms with van der Waals surface area (Å²) in [5.74, 6) is 0.316. The van der Waals surface area contributed by atoms with Crippen LogP contribution in [0.5, 0.6) is 0 Å². The lowest BCUT2D eigenvalue weighted by Gasteiger charge is -2.16. The molecule has 5 nitrogen and oxygen atoms in total. The lowest BCUT2D eigenvalue weighted by Crippen LogP contribution is -2.08. The summed E-state index contributed by atoms with van der Waals surface area (Å²) in [6.07, 6.45) is 3.15. The summed E-state index contributed by atoms with van der Waals surface area (Å²) < 4.78 is 7.81. The molecule has 2 aromatic carbocycles. The Labute approximate surface area is 144 Å². The molecule has 3 aromatic rings. The Morgan fingerprint density at radius 1 is 1.20 bits per heavy atom. The number of nitriles is 1. The molecule has 2 heterocycles. The minimum atomic E-state index is -0.398. The molecule has 0 unspecified atom stereocenters. The van der Waals surface area contributed by atoms with Crippen molar-refractivity contribution in [2.75, 3.05) is 6.61 Å². The van der Waals surface area contributed by atoms with Crippen LogP contribution in [0.25, 0.3) is 27.9 Å². The van der Waals surface area contributed by atoms with Gasteiger partial charge >= 0.3 is 0 Å². The summed E-state index contributed by atoms with van der Waals surface area (Å²) in [4.78, 5) is 0. The third-order valence-electron chi connectivity index (χ3n) is 4.48. The average molecular weight is 332 g/mol. The third-order valence-corrected chi connectivity index (χ3v) is 4.48. The molecule has 2 N–H and O–H groups in total. The van der Waals surface area contributed by atoms with Crippen LogP contribution >= 0.6 is 0 Å². The Bertz CT molecular complexity index is 1070. The van der Waals surface area contributed by atoms with Crippen molar-refractivity contribution in [2.45, 2.75) is 12.6 Å². The van der Waals surface area contributed by atoms with Crippen molar-refractivity contribution in [3.63, 3.8) is 0 Å². The summed E-state index contributed by atoms with van der Waals surface area (Å²) in [6, 6.07) is 16.0. The van der Waals surface area contributed by atoms with Crippen molar-refractivity contribution in [3.05, 3.63) is 65.6 Å². The second-order valence-electron chi connectivity index (χ2n) is 5.93. The molecule has 1 aromatic heterocycles. The van der Waals surface area contributed by atoms with Gasteiger partial charge in [0.05, 0.1) is 23.5 Å². The first-order valence-electron chi connectivity index (χ1n) is 8.00. The van der Waals surface area contributed by atoms with Gasteiger partial charge < -0.3 is 19.5 Å². The number of benzene rings is 2. The molecule has 0 radical (unpaired) electrons. The van der Waals surface area contributed by atoms with Crippen molar-refractivity contribution in [1.82, 2.24) is 4.57 Å². The number of hydrogen-bond donors (Lipinski definition) is 2. The quantitative estimate of drug-likeness (QED) is 0.710. The van der Waals surface area contributed by atoms with E-state index in [1.54, 1.807) is 6.08 Å². The fraction of sp³-hybridized carbons (Fsp3) is 0.150. The zero-order valence-corrected chi connectivity index (χ0v) is 13.4. The van der Waals surface area contributed by atoms with Gasteiger partial charge in [-0.15, -0.1) is 0 Å². The van der Waals surface area contributed by atoms with E-state index in [0.29, 0.717) is 6.42 Å². The normalized spacial score (nSPS) is 17.5. The SMILES string of the molecule is N#C/C=C/c1ccc2c(c1)c1ccccc1n2[C@H]1CC(O)=C(CO)O1. The van der Waals surface area contributed by atoms with Gasteiger partial charge in [0.1, 0.15) is 12.4 Å². The van der Waals surface area contributed by atoms with Gasteiger partial charge in [-0.05, 0) is 29.8 Å². The number of allylic oxidation sites excluding steroid dienone is 1. The van der Waals surface area contributed by atoms with E-state index >= 15 is 0 Å². The highest BCUT2D eigenvalue weighted by atomic mass is 16.5. The van der Waals surface area contributed by atoms with E-state index in [4.69, 9.17) is 10.00 Å². The monoisotopic (exact) mass is 332 g/mol. The Balaban J connectivity index is 1.92. The number of nitrogens with zero attached hydrogens (tertiary/aromatic N) is 2. The third kappa shape index (κ3) is 2.44. The molecule has 124 valence electrons. The molecule has 0 saturated carbocycles. The zero-order chi connectivity index (χ0) is 17.4. The number of hydrogen-bond acceptors (Lipinski definition) is 4. The molecule has 0 saturated heterocycles. The summed E-state index contributed by atoms with van der Waals surface area (Å²) in [7, 11) is 0. The molecular weight excluding hydrogens is 316 g/mol. The van der Waals surface area contributed by atoms with E-state index in [1.165, 1.54) is 6.08 Å². The van der Waals surface area contributed by atoms with Gasteiger partial charge in [0.2, 0.25) is 0 Å². The average Bonchev–Trinajstić information content (AvgIpc) is 3.17. The highest BCUT2D eigenvalue weighted by molar-refractivity contribution is 6.08. The predicted molar refractivity (Wildman–Crippen MR) is 95.6 cm³/mol. The first-order chi connectivity index (χ1) is 12.2. The smallest absolute Gasteiger partial charge is 0.183 e. The topological polar surface area (TPSA) is 78.4 Å². The molecule has 0 bridgehead atoms. The van der Waals surface area contributed by atoms with Crippen LogP contribution in [0.4, 0.5) is 0 Å². The van der Waals surface area contributed by atoms with Gasteiger partial charge in [-0.3, -0.25) is 0 Å². The molecule has 0 spiro atoms. The van der Waals surface area contributed by atoms with E-state index < -0.39 is 6.23 Å². The lowest BCUT2D eigenvalue weighted by atomic mass is 10.1. The Morgan fingerprint density at radius 3 is 2.76 bits per heavy atom. The minimum Gasteiger partial charge on any atom is -0.508 e.